The smallest absolute Gasteiger partial charge is 0.251 e. The fourth-order valence-electron chi connectivity index (χ4n) is 5.98. The molecular formula is C26H29F2N7O. The standard InChI is InChI=1S/C26H29F2N7O/c1-34-8-3-9-35(19-11-17-14-26(27,28)15-18(12-19)30-17)25-23(34)13-22(32-33-25)20-6-5-16(10-24(20)36)21-4-2-7-29-31-21/h2,4-7,10,13,17-19,30,36H,3,8-9,11-12,14-15H2,1H3/t17-,18+,19+. The van der Waals surface area contributed by atoms with Gasteiger partial charge in [-0.25, -0.2) is 8.78 Å². The zero-order valence-electron chi connectivity index (χ0n) is 20.1. The van der Waals surface area contributed by atoms with E-state index in [0.29, 0.717) is 29.8 Å². The summed E-state index contributed by atoms with van der Waals surface area (Å²) < 4.78 is 28.2. The van der Waals surface area contributed by atoms with Gasteiger partial charge in [0.2, 0.25) is 0 Å². The van der Waals surface area contributed by atoms with Crippen LogP contribution in [0.5, 0.6) is 5.75 Å². The van der Waals surface area contributed by atoms with E-state index in [1.165, 1.54) is 0 Å². The minimum Gasteiger partial charge on any atom is -0.507 e. The summed E-state index contributed by atoms with van der Waals surface area (Å²) in [6.07, 6.45) is 3.68. The minimum atomic E-state index is -2.58. The van der Waals surface area contributed by atoms with Gasteiger partial charge in [-0.1, -0.05) is 6.07 Å². The van der Waals surface area contributed by atoms with Crippen LogP contribution in [0.4, 0.5) is 20.3 Å². The first-order valence-corrected chi connectivity index (χ1v) is 12.5. The number of nitrogens with zero attached hydrogens (tertiary/aromatic N) is 6. The topological polar surface area (TPSA) is 90.3 Å². The van der Waals surface area contributed by atoms with Crippen molar-refractivity contribution in [1.82, 2.24) is 25.7 Å². The Morgan fingerprint density at radius 1 is 1.00 bits per heavy atom. The van der Waals surface area contributed by atoms with Gasteiger partial charge in [-0.15, -0.1) is 10.2 Å². The summed E-state index contributed by atoms with van der Waals surface area (Å²) in [4.78, 5) is 4.44. The number of rotatable bonds is 3. The van der Waals surface area contributed by atoms with Crippen LogP contribution >= 0.6 is 0 Å². The maximum atomic E-state index is 14.1. The fraction of sp³-hybridized carbons (Fsp3) is 0.462. The summed E-state index contributed by atoms with van der Waals surface area (Å²) in [6, 6.07) is 10.7. The Hall–Kier alpha value is -3.40. The molecule has 2 fully saturated rings. The summed E-state index contributed by atoms with van der Waals surface area (Å²) in [7, 11) is 2.03. The summed E-state index contributed by atoms with van der Waals surface area (Å²) in [5.41, 5.74) is 3.53. The number of piperidine rings is 2. The quantitative estimate of drug-likeness (QED) is 0.569. The molecule has 0 aliphatic carbocycles. The number of nitrogens with one attached hydrogen (secondary N) is 1. The first-order chi connectivity index (χ1) is 17.4. The Morgan fingerprint density at radius 2 is 1.81 bits per heavy atom. The average molecular weight is 494 g/mol. The third-order valence-corrected chi connectivity index (χ3v) is 7.59. The first kappa shape index (κ1) is 23.0. The second-order valence-electron chi connectivity index (χ2n) is 10.2. The molecule has 0 spiro atoms. The molecule has 36 heavy (non-hydrogen) atoms. The van der Waals surface area contributed by atoms with E-state index >= 15 is 0 Å². The molecule has 1 aromatic carbocycles. The first-order valence-electron chi connectivity index (χ1n) is 12.5. The normalized spacial score (nSPS) is 25.2. The molecule has 3 aliphatic rings. The number of aromatic nitrogens is 4. The van der Waals surface area contributed by atoms with Crippen LogP contribution in [0, 0.1) is 0 Å². The summed E-state index contributed by atoms with van der Waals surface area (Å²) in [5.74, 6) is -1.71. The molecule has 2 N–H and O–H groups in total. The number of phenolic OH excluding ortho intramolecular Hbond substituents is 1. The predicted octanol–water partition coefficient (Wildman–Crippen LogP) is 3.87. The molecule has 3 aromatic rings. The van der Waals surface area contributed by atoms with E-state index in [2.05, 4.69) is 35.5 Å². The largest absolute Gasteiger partial charge is 0.507 e. The fourth-order valence-corrected chi connectivity index (χ4v) is 5.98. The van der Waals surface area contributed by atoms with Gasteiger partial charge in [-0.05, 0) is 49.6 Å². The molecule has 0 radical (unpaired) electrons. The van der Waals surface area contributed by atoms with E-state index in [1.807, 2.05) is 31.3 Å². The Kier molecular flexibility index (Phi) is 5.70. The Labute approximate surface area is 208 Å². The van der Waals surface area contributed by atoms with Crippen molar-refractivity contribution in [2.45, 2.75) is 56.2 Å². The van der Waals surface area contributed by atoms with Crippen LogP contribution in [0.2, 0.25) is 0 Å². The van der Waals surface area contributed by atoms with Gasteiger partial charge in [0.15, 0.2) is 5.82 Å². The van der Waals surface area contributed by atoms with Crippen LogP contribution in [0.1, 0.15) is 32.1 Å². The van der Waals surface area contributed by atoms with E-state index < -0.39 is 5.92 Å². The van der Waals surface area contributed by atoms with Crippen LogP contribution in [0.25, 0.3) is 22.5 Å². The van der Waals surface area contributed by atoms with Crippen molar-refractivity contribution in [1.29, 1.82) is 0 Å². The molecule has 3 atom stereocenters. The van der Waals surface area contributed by atoms with E-state index in [9.17, 15) is 13.9 Å². The summed E-state index contributed by atoms with van der Waals surface area (Å²) in [5, 5.41) is 31.3. The van der Waals surface area contributed by atoms with E-state index in [1.54, 1.807) is 18.3 Å². The molecule has 188 valence electrons. The molecule has 0 saturated carbocycles. The zero-order chi connectivity index (χ0) is 24.9. The number of alkyl halides is 2. The average Bonchev–Trinajstić information content (AvgIpc) is 3.01. The lowest BCUT2D eigenvalue weighted by Gasteiger charge is -2.46. The number of hydrogen-bond donors (Lipinski definition) is 2. The number of aromatic hydroxyl groups is 1. The van der Waals surface area contributed by atoms with Crippen molar-refractivity contribution in [3.05, 3.63) is 42.6 Å². The van der Waals surface area contributed by atoms with Gasteiger partial charge in [0.05, 0.1) is 17.1 Å². The second kappa shape index (κ2) is 8.92. The third kappa shape index (κ3) is 4.34. The predicted molar refractivity (Wildman–Crippen MR) is 133 cm³/mol. The van der Waals surface area contributed by atoms with Crippen LogP contribution in [0.15, 0.2) is 42.6 Å². The van der Waals surface area contributed by atoms with Gasteiger partial charge >= 0.3 is 0 Å². The molecular weight excluding hydrogens is 464 g/mol. The molecule has 2 bridgehead atoms. The monoisotopic (exact) mass is 493 g/mol. The second-order valence-corrected chi connectivity index (χ2v) is 10.2. The highest BCUT2D eigenvalue weighted by atomic mass is 19.3. The van der Waals surface area contributed by atoms with E-state index in [4.69, 9.17) is 0 Å². The summed E-state index contributed by atoms with van der Waals surface area (Å²) >= 11 is 0. The zero-order valence-corrected chi connectivity index (χ0v) is 20.1. The SMILES string of the molecule is CN1CCCN([C@H]2C[C@@H]3CC(F)(F)C[C@H](C2)N3)c2nnc(-c3ccc(-c4cccnn4)cc3O)cc21. The van der Waals surface area contributed by atoms with Gasteiger partial charge in [0.25, 0.3) is 5.92 Å². The number of fused-ring (bicyclic) bond motifs is 3. The number of anilines is 2. The maximum absolute atomic E-state index is 14.1. The van der Waals surface area contributed by atoms with Gasteiger partial charge in [-0.2, -0.15) is 10.2 Å². The summed E-state index contributed by atoms with van der Waals surface area (Å²) in [6.45, 7) is 1.66. The van der Waals surface area contributed by atoms with Gasteiger partial charge in [-0.3, -0.25) is 0 Å². The lowest BCUT2D eigenvalue weighted by atomic mass is 9.81. The van der Waals surface area contributed by atoms with Gasteiger partial charge in [0, 0.05) is 68.4 Å². The highest BCUT2D eigenvalue weighted by molar-refractivity contribution is 5.78. The van der Waals surface area contributed by atoms with Crippen LogP contribution < -0.4 is 15.1 Å². The minimum absolute atomic E-state index is 0.0904. The molecule has 0 amide bonds. The van der Waals surface area contributed by atoms with Crippen molar-refractivity contribution >= 4 is 11.5 Å². The van der Waals surface area contributed by atoms with Crippen molar-refractivity contribution in [2.75, 3.05) is 29.9 Å². The molecule has 0 unspecified atom stereocenters. The highest BCUT2D eigenvalue weighted by Gasteiger charge is 2.46. The number of halogens is 2. The molecule has 8 nitrogen and oxygen atoms in total. The number of benzene rings is 1. The molecule has 10 heteroatoms. The molecule has 5 heterocycles. The Bertz CT molecular complexity index is 1240. The van der Waals surface area contributed by atoms with E-state index in [-0.39, 0.29) is 36.7 Å². The van der Waals surface area contributed by atoms with Crippen LogP contribution in [-0.2, 0) is 0 Å². The lowest BCUT2D eigenvalue weighted by molar-refractivity contribution is -0.0670. The van der Waals surface area contributed by atoms with Gasteiger partial charge < -0.3 is 20.2 Å². The third-order valence-electron chi connectivity index (χ3n) is 7.59. The van der Waals surface area contributed by atoms with E-state index in [0.717, 1.165) is 36.6 Å². The van der Waals surface area contributed by atoms with Crippen LogP contribution in [-0.4, -0.2) is 69.7 Å². The lowest BCUT2D eigenvalue weighted by Crippen LogP contribution is -2.59. The molecule has 2 aromatic heterocycles. The highest BCUT2D eigenvalue weighted by Crippen LogP contribution is 2.41. The van der Waals surface area contributed by atoms with Crippen molar-refractivity contribution in [2.24, 2.45) is 0 Å². The number of phenols is 1. The van der Waals surface area contributed by atoms with Gasteiger partial charge in [0.1, 0.15) is 5.75 Å². The van der Waals surface area contributed by atoms with Crippen molar-refractivity contribution in [3.8, 4) is 28.3 Å². The molecule has 6 rings (SSSR count). The van der Waals surface area contributed by atoms with Crippen molar-refractivity contribution in [3.63, 3.8) is 0 Å². The molecule has 2 saturated heterocycles. The maximum Gasteiger partial charge on any atom is 0.251 e. The molecule has 3 aliphatic heterocycles. The number of hydrogen-bond acceptors (Lipinski definition) is 8. The Morgan fingerprint density at radius 3 is 2.53 bits per heavy atom. The van der Waals surface area contributed by atoms with Crippen molar-refractivity contribution < 1.29 is 13.9 Å². The Balaban J connectivity index is 1.31. The van der Waals surface area contributed by atoms with Crippen LogP contribution in [0.3, 0.4) is 0 Å².